The van der Waals surface area contributed by atoms with Gasteiger partial charge in [-0.25, -0.2) is 4.98 Å². The third-order valence-electron chi connectivity index (χ3n) is 4.76. The number of carbonyl (C=O) groups is 1. The molecule has 0 aliphatic carbocycles. The molecule has 0 unspecified atom stereocenters. The first kappa shape index (κ1) is 20.5. The second-order valence-electron chi connectivity index (χ2n) is 8.19. The highest BCUT2D eigenvalue weighted by Gasteiger charge is 2.20. The van der Waals surface area contributed by atoms with Crippen LogP contribution in [0.5, 0.6) is 0 Å². The Bertz CT molecular complexity index is 697. The van der Waals surface area contributed by atoms with Crippen molar-refractivity contribution in [2.45, 2.75) is 79.2 Å². The minimum absolute atomic E-state index is 0.113. The zero-order chi connectivity index (χ0) is 19.0. The van der Waals surface area contributed by atoms with Crippen molar-refractivity contribution in [3.05, 3.63) is 30.1 Å². The normalized spacial score (nSPS) is 11.8. The van der Waals surface area contributed by atoms with Crippen LogP contribution in [0.2, 0.25) is 0 Å². The van der Waals surface area contributed by atoms with Gasteiger partial charge < -0.3 is 9.88 Å². The Morgan fingerprint density at radius 3 is 2.54 bits per heavy atom. The van der Waals surface area contributed by atoms with Crippen LogP contribution in [-0.4, -0.2) is 22.0 Å². The molecule has 0 aliphatic heterocycles. The van der Waals surface area contributed by atoms with E-state index in [0.29, 0.717) is 6.54 Å². The topological polar surface area (TPSA) is 46.9 Å². The molecule has 0 aliphatic rings. The molecule has 0 radical (unpaired) electrons. The van der Waals surface area contributed by atoms with E-state index in [1.165, 1.54) is 37.6 Å². The lowest BCUT2D eigenvalue weighted by atomic mass is 9.96. The molecule has 1 amide bonds. The summed E-state index contributed by atoms with van der Waals surface area (Å²) in [5.41, 5.74) is 1.98. The number of amides is 1. The quantitative estimate of drug-likeness (QED) is 0.601. The number of hydrogen-bond donors (Lipinski definition) is 1. The molecule has 4 nitrogen and oxygen atoms in total. The molecule has 26 heavy (non-hydrogen) atoms. The van der Waals surface area contributed by atoms with Gasteiger partial charge in [-0.15, -0.1) is 0 Å². The number of para-hydroxylation sites is 2. The highest BCUT2D eigenvalue weighted by atomic mass is 16.2. The number of fused-ring (bicyclic) bond motifs is 1. The summed E-state index contributed by atoms with van der Waals surface area (Å²) in [4.78, 5) is 16.8. The zero-order valence-electron chi connectivity index (χ0n) is 17.0. The van der Waals surface area contributed by atoms with Gasteiger partial charge in [0.05, 0.1) is 11.0 Å². The summed E-state index contributed by atoms with van der Waals surface area (Å²) in [6.07, 6.45) is 8.21. The summed E-state index contributed by atoms with van der Waals surface area (Å²) in [5.74, 6) is 1.26. The molecule has 1 N–H and O–H groups in total. The van der Waals surface area contributed by atoms with E-state index in [0.717, 1.165) is 30.7 Å². The summed E-state index contributed by atoms with van der Waals surface area (Å²) < 4.78 is 2.38. The second-order valence-corrected chi connectivity index (χ2v) is 8.19. The van der Waals surface area contributed by atoms with Crippen LogP contribution in [-0.2, 0) is 17.8 Å². The maximum absolute atomic E-state index is 12.0. The van der Waals surface area contributed by atoms with Crippen molar-refractivity contribution in [1.82, 2.24) is 14.9 Å². The number of rotatable bonds is 10. The fourth-order valence-electron chi connectivity index (χ4n) is 3.15. The van der Waals surface area contributed by atoms with Crippen LogP contribution in [0.4, 0.5) is 0 Å². The Morgan fingerprint density at radius 1 is 1.08 bits per heavy atom. The van der Waals surface area contributed by atoms with Crippen molar-refractivity contribution in [3.63, 3.8) is 0 Å². The van der Waals surface area contributed by atoms with E-state index in [9.17, 15) is 4.79 Å². The predicted octanol–water partition coefficient (Wildman–Crippen LogP) is 5.10. The van der Waals surface area contributed by atoms with Gasteiger partial charge in [0.2, 0.25) is 5.91 Å². The molecule has 1 heterocycles. The van der Waals surface area contributed by atoms with Crippen molar-refractivity contribution < 1.29 is 4.79 Å². The van der Waals surface area contributed by atoms with Crippen molar-refractivity contribution in [3.8, 4) is 0 Å². The van der Waals surface area contributed by atoms with Gasteiger partial charge in [0.15, 0.2) is 0 Å². The number of aryl methyl sites for hydroxylation is 2. The molecule has 0 atom stereocenters. The van der Waals surface area contributed by atoms with Gasteiger partial charge in [0, 0.05) is 24.9 Å². The molecular weight excluding hydrogens is 322 g/mol. The second kappa shape index (κ2) is 9.75. The molecule has 0 saturated carbocycles. The zero-order valence-corrected chi connectivity index (χ0v) is 17.0. The van der Waals surface area contributed by atoms with Crippen molar-refractivity contribution in [2.24, 2.45) is 5.41 Å². The Morgan fingerprint density at radius 2 is 1.81 bits per heavy atom. The molecule has 1 aromatic carbocycles. The molecule has 0 fully saturated rings. The van der Waals surface area contributed by atoms with Gasteiger partial charge in [-0.1, -0.05) is 65.5 Å². The molecule has 2 rings (SSSR count). The van der Waals surface area contributed by atoms with Crippen molar-refractivity contribution in [1.29, 1.82) is 0 Å². The number of hydrogen-bond acceptors (Lipinski definition) is 2. The minimum atomic E-state index is -0.328. The monoisotopic (exact) mass is 357 g/mol. The number of benzene rings is 1. The Kier molecular flexibility index (Phi) is 7.67. The van der Waals surface area contributed by atoms with Crippen LogP contribution in [0.15, 0.2) is 24.3 Å². The maximum atomic E-state index is 12.0. The molecule has 144 valence electrons. The van der Waals surface area contributed by atoms with Gasteiger partial charge in [-0.2, -0.15) is 0 Å². The number of aromatic nitrogens is 2. The summed E-state index contributed by atoms with van der Waals surface area (Å²) in [5, 5.41) is 3.04. The Balaban J connectivity index is 1.95. The maximum Gasteiger partial charge on any atom is 0.225 e. The van der Waals surface area contributed by atoms with E-state index in [-0.39, 0.29) is 11.3 Å². The van der Waals surface area contributed by atoms with Crippen LogP contribution in [0.3, 0.4) is 0 Å². The smallest absolute Gasteiger partial charge is 0.225 e. The van der Waals surface area contributed by atoms with Crippen LogP contribution < -0.4 is 5.32 Å². The molecule has 2 aromatic rings. The van der Waals surface area contributed by atoms with Crippen LogP contribution >= 0.6 is 0 Å². The average Bonchev–Trinajstić information content (AvgIpc) is 2.95. The van der Waals surface area contributed by atoms with Crippen LogP contribution in [0.1, 0.15) is 72.0 Å². The van der Waals surface area contributed by atoms with E-state index < -0.39 is 0 Å². The lowest BCUT2D eigenvalue weighted by molar-refractivity contribution is -0.128. The molecule has 0 saturated heterocycles. The van der Waals surface area contributed by atoms with E-state index in [1.54, 1.807) is 0 Å². The molecular formula is C22H35N3O. The Hall–Kier alpha value is -1.84. The third kappa shape index (κ3) is 5.86. The number of imidazole rings is 1. The van der Waals surface area contributed by atoms with Crippen molar-refractivity contribution in [2.75, 3.05) is 6.54 Å². The highest BCUT2D eigenvalue weighted by Crippen LogP contribution is 2.19. The lowest BCUT2D eigenvalue weighted by Crippen LogP contribution is -2.35. The molecule has 0 bridgehead atoms. The first-order chi connectivity index (χ1) is 12.4. The number of nitrogens with zero attached hydrogens (tertiary/aromatic N) is 2. The number of nitrogens with one attached hydrogen (secondary N) is 1. The largest absolute Gasteiger partial charge is 0.356 e. The molecule has 0 spiro atoms. The SMILES string of the molecule is CCCCCCCn1c(CCCNC(=O)C(C)(C)C)nc2ccccc21. The van der Waals surface area contributed by atoms with Gasteiger partial charge >= 0.3 is 0 Å². The fraction of sp³-hybridized carbons (Fsp3) is 0.636. The lowest BCUT2D eigenvalue weighted by Gasteiger charge is -2.17. The summed E-state index contributed by atoms with van der Waals surface area (Å²) in [6, 6.07) is 8.40. The van der Waals surface area contributed by atoms with E-state index >= 15 is 0 Å². The summed E-state index contributed by atoms with van der Waals surface area (Å²) in [6.45, 7) is 9.82. The third-order valence-corrected chi connectivity index (χ3v) is 4.76. The van der Waals surface area contributed by atoms with Crippen molar-refractivity contribution >= 4 is 16.9 Å². The highest BCUT2D eigenvalue weighted by molar-refractivity contribution is 5.81. The Labute approximate surface area is 158 Å². The van der Waals surface area contributed by atoms with Gasteiger partial charge in [-0.05, 0) is 25.0 Å². The standard InChI is InChI=1S/C22H35N3O/c1-5-6-7-8-11-17-25-19-14-10-9-13-18(19)24-20(25)15-12-16-23-21(26)22(2,3)4/h9-10,13-14H,5-8,11-12,15-17H2,1-4H3,(H,23,26). The van der Waals surface area contributed by atoms with Gasteiger partial charge in [-0.3, -0.25) is 4.79 Å². The first-order valence-corrected chi connectivity index (χ1v) is 10.2. The van der Waals surface area contributed by atoms with Gasteiger partial charge in [0.1, 0.15) is 5.82 Å². The molecule has 1 aromatic heterocycles. The number of carbonyl (C=O) groups excluding carboxylic acids is 1. The molecule has 4 heteroatoms. The van der Waals surface area contributed by atoms with E-state index in [2.05, 4.69) is 35.0 Å². The van der Waals surface area contributed by atoms with E-state index in [1.807, 2.05) is 26.8 Å². The predicted molar refractivity (Wildman–Crippen MR) is 109 cm³/mol. The number of unbranched alkanes of at least 4 members (excludes halogenated alkanes) is 4. The van der Waals surface area contributed by atoms with Crippen LogP contribution in [0, 0.1) is 5.41 Å². The minimum Gasteiger partial charge on any atom is -0.356 e. The van der Waals surface area contributed by atoms with E-state index in [4.69, 9.17) is 4.98 Å². The van der Waals surface area contributed by atoms with Crippen LogP contribution in [0.25, 0.3) is 11.0 Å². The summed E-state index contributed by atoms with van der Waals surface area (Å²) >= 11 is 0. The average molecular weight is 358 g/mol. The fourth-order valence-corrected chi connectivity index (χ4v) is 3.15. The first-order valence-electron chi connectivity index (χ1n) is 10.2. The van der Waals surface area contributed by atoms with Gasteiger partial charge in [0.25, 0.3) is 0 Å². The summed E-state index contributed by atoms with van der Waals surface area (Å²) in [7, 11) is 0.